The van der Waals surface area contributed by atoms with Crippen molar-refractivity contribution < 1.29 is 47.8 Å². The summed E-state index contributed by atoms with van der Waals surface area (Å²) in [6.45, 7) is 8.83. The smallest absolute Gasteiger partial charge is 0.407 e. The average molecular weight is 675 g/mol. The van der Waals surface area contributed by atoms with Crippen molar-refractivity contribution in [2.24, 2.45) is 17.1 Å². The van der Waals surface area contributed by atoms with Gasteiger partial charge in [0, 0.05) is 24.4 Å². The molecule has 0 unspecified atom stereocenters. The number of primary amides is 1. The molecule has 0 radical (unpaired) electrons. The second-order valence-electron chi connectivity index (χ2n) is 12.3. The molecule has 0 aromatic heterocycles. The summed E-state index contributed by atoms with van der Waals surface area (Å²) in [4.78, 5) is 86.3. The van der Waals surface area contributed by atoms with E-state index in [1.165, 1.54) is 12.2 Å². The van der Waals surface area contributed by atoms with Gasteiger partial charge in [0.05, 0.1) is 25.2 Å². The molecule has 0 fully saturated rings. The number of esters is 1. The lowest BCUT2D eigenvalue weighted by Crippen LogP contribution is -2.54. The van der Waals surface area contributed by atoms with Crippen molar-refractivity contribution in [2.45, 2.75) is 66.2 Å². The lowest BCUT2D eigenvalue weighted by molar-refractivity contribution is -0.154. The van der Waals surface area contributed by atoms with Crippen LogP contribution < -0.4 is 27.0 Å². The van der Waals surface area contributed by atoms with Crippen molar-refractivity contribution >= 4 is 47.4 Å². The molecule has 6 N–H and O–H groups in total. The van der Waals surface area contributed by atoms with Gasteiger partial charge in [0.1, 0.15) is 25.3 Å². The number of imide groups is 1. The lowest BCUT2D eigenvalue weighted by atomic mass is 9.97. The summed E-state index contributed by atoms with van der Waals surface area (Å²) in [6.07, 6.45) is 1.89. The molecule has 0 saturated carbocycles. The molecule has 1 aromatic carbocycles. The van der Waals surface area contributed by atoms with E-state index in [-0.39, 0.29) is 51.9 Å². The molecule has 48 heavy (non-hydrogen) atoms. The van der Waals surface area contributed by atoms with Crippen molar-refractivity contribution in [3.8, 4) is 0 Å². The Morgan fingerprint density at radius 3 is 2.10 bits per heavy atom. The van der Waals surface area contributed by atoms with E-state index in [0.29, 0.717) is 17.7 Å². The molecule has 0 spiro atoms. The molecule has 1 aliphatic rings. The van der Waals surface area contributed by atoms with E-state index < -0.39 is 59.2 Å². The van der Waals surface area contributed by atoms with E-state index in [1.54, 1.807) is 58.9 Å². The first kappa shape index (κ1) is 39.2. The number of amides is 7. The zero-order valence-electron chi connectivity index (χ0n) is 28.0. The maximum absolute atomic E-state index is 13.3. The normalized spacial score (nSPS) is 13.9. The summed E-state index contributed by atoms with van der Waals surface area (Å²) in [5.74, 6) is -2.76. The Labute approximate surface area is 279 Å². The second-order valence-corrected chi connectivity index (χ2v) is 12.3. The summed E-state index contributed by atoms with van der Waals surface area (Å²) in [7, 11) is 0. The number of alkyl carbamates (subject to hydrolysis) is 1. The van der Waals surface area contributed by atoms with Crippen molar-refractivity contribution in [1.29, 1.82) is 0 Å². The molecular weight excluding hydrogens is 628 g/mol. The molecule has 7 amide bonds. The summed E-state index contributed by atoms with van der Waals surface area (Å²) in [5, 5.41) is 10.4. The number of benzene rings is 1. The van der Waals surface area contributed by atoms with Gasteiger partial charge in [-0.25, -0.2) is 9.59 Å². The Bertz CT molecular complexity index is 1320. The van der Waals surface area contributed by atoms with Crippen LogP contribution in [0.25, 0.3) is 0 Å². The van der Waals surface area contributed by atoms with Crippen molar-refractivity contribution in [2.75, 3.05) is 38.2 Å². The zero-order valence-corrected chi connectivity index (χ0v) is 28.0. The number of urea groups is 1. The Morgan fingerprint density at radius 2 is 1.52 bits per heavy atom. The molecule has 1 heterocycles. The van der Waals surface area contributed by atoms with Crippen LogP contribution in [0.1, 0.15) is 53.0 Å². The minimum atomic E-state index is -1.06. The number of ether oxygens (including phenoxy) is 3. The number of nitrogens with one attached hydrogen (secondary N) is 4. The van der Waals surface area contributed by atoms with Gasteiger partial charge in [-0.1, -0.05) is 26.0 Å². The quantitative estimate of drug-likeness (QED) is 0.0853. The maximum atomic E-state index is 13.3. The highest BCUT2D eigenvalue weighted by atomic mass is 16.6. The van der Waals surface area contributed by atoms with Crippen molar-refractivity contribution in [3.05, 3.63) is 42.0 Å². The van der Waals surface area contributed by atoms with Crippen LogP contribution in [-0.4, -0.2) is 91.6 Å². The number of carbonyl (C=O) groups excluding carboxylic acids is 7. The maximum Gasteiger partial charge on any atom is 0.407 e. The molecule has 2 rings (SSSR count). The average Bonchev–Trinajstić information content (AvgIpc) is 3.33. The highest BCUT2D eigenvalue weighted by Crippen LogP contribution is 2.18. The van der Waals surface area contributed by atoms with Gasteiger partial charge >= 0.3 is 18.1 Å². The van der Waals surface area contributed by atoms with Gasteiger partial charge in [-0.3, -0.25) is 28.9 Å². The van der Waals surface area contributed by atoms with Gasteiger partial charge in [0.2, 0.25) is 11.8 Å². The standard InChI is InChI=1S/C32H46N6O10/c1-20(2)26(37-31(45)47-18-17-46-16-15-38-24(39)12-13-25(38)40)28(42)36-23(7-6-14-34-30(33)44)27(41)35-22-10-8-21(9-11-22)19-48-29(43)32(3,4)5/h8-13,20,23,26H,6-7,14-19H2,1-5H3,(H,35,41)(H,36,42)(H,37,45)(H3,33,34,44)/t23-,26-/m0/s1. The second kappa shape index (κ2) is 19.0. The van der Waals surface area contributed by atoms with Gasteiger partial charge in [-0.2, -0.15) is 0 Å². The van der Waals surface area contributed by atoms with Gasteiger partial charge < -0.3 is 41.2 Å². The van der Waals surface area contributed by atoms with E-state index in [4.69, 9.17) is 19.9 Å². The minimum absolute atomic E-state index is 0.0137. The number of anilines is 1. The molecule has 16 nitrogen and oxygen atoms in total. The first-order chi connectivity index (χ1) is 22.6. The molecule has 0 aliphatic carbocycles. The molecule has 0 saturated heterocycles. The topological polar surface area (TPSA) is 225 Å². The largest absolute Gasteiger partial charge is 0.460 e. The van der Waals surface area contributed by atoms with Crippen molar-refractivity contribution in [3.63, 3.8) is 0 Å². The number of nitrogens with two attached hydrogens (primary N) is 1. The Balaban J connectivity index is 1.92. The summed E-state index contributed by atoms with van der Waals surface area (Å²) < 4.78 is 15.7. The fourth-order valence-electron chi connectivity index (χ4n) is 4.13. The number of nitrogens with zero attached hydrogens (tertiary/aromatic N) is 1. The van der Waals surface area contributed by atoms with Crippen molar-refractivity contribution in [1.82, 2.24) is 20.9 Å². The first-order valence-electron chi connectivity index (χ1n) is 15.5. The molecule has 16 heteroatoms. The third-order valence-electron chi connectivity index (χ3n) is 6.85. The van der Waals surface area contributed by atoms with Crippen LogP contribution in [0.15, 0.2) is 36.4 Å². The van der Waals surface area contributed by atoms with Gasteiger partial charge in [0.25, 0.3) is 11.8 Å². The predicted octanol–water partition coefficient (Wildman–Crippen LogP) is 1.34. The van der Waals surface area contributed by atoms with Gasteiger partial charge in [-0.15, -0.1) is 0 Å². The van der Waals surface area contributed by atoms with E-state index in [0.717, 1.165) is 4.90 Å². The lowest BCUT2D eigenvalue weighted by Gasteiger charge is -2.25. The van der Waals surface area contributed by atoms with Crippen LogP contribution in [0.2, 0.25) is 0 Å². The molecule has 2 atom stereocenters. The van der Waals surface area contributed by atoms with Crippen LogP contribution in [0.4, 0.5) is 15.3 Å². The van der Waals surface area contributed by atoms with Crippen LogP contribution in [0, 0.1) is 11.3 Å². The zero-order chi connectivity index (χ0) is 35.9. The van der Waals surface area contributed by atoms with Crippen LogP contribution in [0.5, 0.6) is 0 Å². The highest BCUT2D eigenvalue weighted by Gasteiger charge is 2.29. The summed E-state index contributed by atoms with van der Waals surface area (Å²) >= 11 is 0. The van der Waals surface area contributed by atoms with Crippen LogP contribution >= 0.6 is 0 Å². The van der Waals surface area contributed by atoms with E-state index in [1.807, 2.05) is 0 Å². The first-order valence-corrected chi connectivity index (χ1v) is 15.5. The highest BCUT2D eigenvalue weighted by molar-refractivity contribution is 6.12. The van der Waals surface area contributed by atoms with Crippen LogP contribution in [0.3, 0.4) is 0 Å². The summed E-state index contributed by atoms with van der Waals surface area (Å²) in [6, 6.07) is 3.81. The molecular formula is C32H46N6O10. The van der Waals surface area contributed by atoms with Gasteiger partial charge in [-0.05, 0) is 57.2 Å². The Kier molecular flexibility index (Phi) is 15.5. The Hall–Kier alpha value is -4.99. The molecule has 0 bridgehead atoms. The SMILES string of the molecule is CC(C)[C@H](NC(=O)OCCOCCN1C(=O)C=CC1=O)C(=O)N[C@@H](CCCNC(N)=O)C(=O)Nc1ccc(COC(=O)C(C)(C)C)cc1. The van der Waals surface area contributed by atoms with Crippen LogP contribution in [-0.2, 0) is 44.8 Å². The number of rotatable bonds is 18. The Morgan fingerprint density at radius 1 is 0.875 bits per heavy atom. The fraction of sp³-hybridized carbons (Fsp3) is 0.531. The summed E-state index contributed by atoms with van der Waals surface area (Å²) in [5.41, 5.74) is 5.63. The monoisotopic (exact) mass is 674 g/mol. The van der Waals surface area contributed by atoms with E-state index >= 15 is 0 Å². The molecule has 1 aliphatic heterocycles. The number of hydrogen-bond acceptors (Lipinski definition) is 10. The third-order valence-corrected chi connectivity index (χ3v) is 6.85. The third kappa shape index (κ3) is 13.8. The van der Waals surface area contributed by atoms with E-state index in [2.05, 4.69) is 21.3 Å². The predicted molar refractivity (Wildman–Crippen MR) is 173 cm³/mol. The number of hydrogen-bond donors (Lipinski definition) is 5. The van der Waals surface area contributed by atoms with Gasteiger partial charge in [0.15, 0.2) is 0 Å². The molecule has 1 aromatic rings. The number of carbonyl (C=O) groups is 7. The van der Waals surface area contributed by atoms with E-state index in [9.17, 15) is 33.6 Å². The molecule has 264 valence electrons. The fourth-order valence-corrected chi connectivity index (χ4v) is 4.13. The minimum Gasteiger partial charge on any atom is -0.460 e.